The molecule has 1 amide bonds. The van der Waals surface area contributed by atoms with Crippen molar-refractivity contribution in [1.29, 1.82) is 0 Å². The fourth-order valence-electron chi connectivity index (χ4n) is 2.79. The number of benzene rings is 2. The van der Waals surface area contributed by atoms with Gasteiger partial charge in [-0.3, -0.25) is 19.6 Å². The van der Waals surface area contributed by atoms with Crippen LogP contribution in [0.15, 0.2) is 42.5 Å². The minimum atomic E-state index is -0.514. The number of anilines is 1. The van der Waals surface area contributed by atoms with Crippen LogP contribution < -0.4 is 5.32 Å². The number of nitrogens with one attached hydrogen (secondary N) is 1. The number of hydrogen-bond acceptors (Lipinski definition) is 4. The van der Waals surface area contributed by atoms with E-state index in [-0.39, 0.29) is 11.6 Å². The van der Waals surface area contributed by atoms with Gasteiger partial charge in [-0.25, -0.2) is 0 Å². The Morgan fingerprint density at radius 2 is 1.75 bits per heavy atom. The number of halogens is 2. The summed E-state index contributed by atoms with van der Waals surface area (Å²) >= 11 is 12.5. The maximum absolute atomic E-state index is 12.5. The lowest BCUT2D eigenvalue weighted by Gasteiger charge is -2.10. The molecule has 0 saturated heterocycles. The van der Waals surface area contributed by atoms with Gasteiger partial charge in [0.15, 0.2) is 0 Å². The first kappa shape index (κ1) is 19.9. The first-order chi connectivity index (χ1) is 13.3. The third-order valence-corrected chi connectivity index (χ3v) is 5.04. The van der Waals surface area contributed by atoms with E-state index in [0.717, 1.165) is 11.3 Å². The molecule has 7 nitrogen and oxygen atoms in total. The van der Waals surface area contributed by atoms with Gasteiger partial charge in [-0.05, 0) is 38.1 Å². The summed E-state index contributed by atoms with van der Waals surface area (Å²) in [7, 11) is 0. The highest BCUT2D eigenvalue weighted by atomic mass is 35.5. The molecule has 0 unspecified atom stereocenters. The van der Waals surface area contributed by atoms with Crippen LogP contribution in [0.3, 0.4) is 0 Å². The van der Waals surface area contributed by atoms with E-state index in [4.69, 9.17) is 23.2 Å². The van der Waals surface area contributed by atoms with Crippen LogP contribution in [0.1, 0.15) is 27.3 Å². The summed E-state index contributed by atoms with van der Waals surface area (Å²) < 4.78 is 1.72. The Labute approximate surface area is 171 Å². The van der Waals surface area contributed by atoms with Crippen molar-refractivity contribution in [3.63, 3.8) is 0 Å². The molecule has 0 saturated carbocycles. The lowest BCUT2D eigenvalue weighted by atomic mass is 10.2. The number of hydrogen-bond donors (Lipinski definition) is 1. The molecule has 0 radical (unpaired) electrons. The van der Waals surface area contributed by atoms with Crippen molar-refractivity contribution < 1.29 is 9.72 Å². The molecular formula is C19H16Cl2N4O3. The zero-order valence-electron chi connectivity index (χ0n) is 15.1. The molecule has 3 rings (SSSR count). The Morgan fingerprint density at radius 1 is 1.14 bits per heavy atom. The molecule has 0 fully saturated rings. The van der Waals surface area contributed by atoms with Crippen molar-refractivity contribution in [2.24, 2.45) is 0 Å². The highest BCUT2D eigenvalue weighted by molar-refractivity contribution is 6.36. The second-order valence-corrected chi connectivity index (χ2v) is 6.98. The summed E-state index contributed by atoms with van der Waals surface area (Å²) in [5.41, 5.74) is 2.93. The van der Waals surface area contributed by atoms with Crippen LogP contribution in [0.5, 0.6) is 0 Å². The van der Waals surface area contributed by atoms with Gasteiger partial charge >= 0.3 is 0 Å². The minimum Gasteiger partial charge on any atom is -0.319 e. The third kappa shape index (κ3) is 4.00. The Bertz CT molecular complexity index is 1040. The molecule has 0 aliphatic carbocycles. The maximum atomic E-state index is 12.5. The summed E-state index contributed by atoms with van der Waals surface area (Å²) in [6, 6.07) is 10.7. The number of aromatic nitrogens is 2. The smallest absolute Gasteiger partial charge is 0.269 e. The number of nitro groups is 1. The van der Waals surface area contributed by atoms with Gasteiger partial charge in [0.05, 0.1) is 28.5 Å². The molecule has 0 atom stereocenters. The molecule has 0 aliphatic rings. The number of carbonyl (C=O) groups excluding carboxylic acids is 1. The molecule has 3 aromatic rings. The number of amides is 1. The topological polar surface area (TPSA) is 90.1 Å². The molecule has 2 aromatic carbocycles. The third-order valence-electron chi connectivity index (χ3n) is 4.33. The van der Waals surface area contributed by atoms with Crippen molar-refractivity contribution in [1.82, 2.24) is 9.78 Å². The molecular weight excluding hydrogens is 403 g/mol. The molecule has 0 spiro atoms. The lowest BCUT2D eigenvalue weighted by molar-refractivity contribution is -0.384. The van der Waals surface area contributed by atoms with E-state index in [2.05, 4.69) is 10.4 Å². The van der Waals surface area contributed by atoms with Crippen molar-refractivity contribution >= 4 is 40.5 Å². The van der Waals surface area contributed by atoms with Crippen LogP contribution >= 0.6 is 23.2 Å². The number of nitrogens with zero attached hydrogens (tertiary/aromatic N) is 3. The second-order valence-electron chi connectivity index (χ2n) is 6.16. The Balaban J connectivity index is 1.83. The van der Waals surface area contributed by atoms with Gasteiger partial charge in [-0.2, -0.15) is 5.10 Å². The van der Waals surface area contributed by atoms with Crippen LogP contribution in [0.2, 0.25) is 10.0 Å². The average molecular weight is 419 g/mol. The van der Waals surface area contributed by atoms with Crippen LogP contribution in [0.4, 0.5) is 11.4 Å². The van der Waals surface area contributed by atoms with Crippen molar-refractivity contribution in [3.05, 3.63) is 85.1 Å². The summed E-state index contributed by atoms with van der Waals surface area (Å²) in [5, 5.41) is 19.1. The summed E-state index contributed by atoms with van der Waals surface area (Å²) in [4.78, 5) is 22.7. The zero-order chi connectivity index (χ0) is 20.4. The normalized spacial score (nSPS) is 10.7. The Hall–Kier alpha value is -2.90. The van der Waals surface area contributed by atoms with Gasteiger partial charge in [0, 0.05) is 33.3 Å². The molecule has 0 aliphatic heterocycles. The highest BCUT2D eigenvalue weighted by Gasteiger charge is 2.17. The average Bonchev–Trinajstić information content (AvgIpc) is 2.92. The van der Waals surface area contributed by atoms with Crippen molar-refractivity contribution in [2.75, 3.05) is 5.32 Å². The maximum Gasteiger partial charge on any atom is 0.269 e. The van der Waals surface area contributed by atoms with E-state index in [9.17, 15) is 14.9 Å². The monoisotopic (exact) mass is 418 g/mol. The lowest BCUT2D eigenvalue weighted by Crippen LogP contribution is -2.13. The fourth-order valence-corrected chi connectivity index (χ4v) is 3.30. The van der Waals surface area contributed by atoms with Crippen LogP contribution in [-0.2, 0) is 6.54 Å². The zero-order valence-corrected chi connectivity index (χ0v) is 16.6. The van der Waals surface area contributed by atoms with Gasteiger partial charge < -0.3 is 5.32 Å². The second kappa shape index (κ2) is 8.00. The Morgan fingerprint density at radius 3 is 2.32 bits per heavy atom. The predicted molar refractivity (Wildman–Crippen MR) is 108 cm³/mol. The molecule has 1 heterocycles. The van der Waals surface area contributed by atoms with Gasteiger partial charge in [0.1, 0.15) is 0 Å². The van der Waals surface area contributed by atoms with E-state index < -0.39 is 4.92 Å². The molecule has 144 valence electrons. The number of non-ortho nitro benzene ring substituents is 1. The fraction of sp³-hybridized carbons (Fsp3) is 0.158. The van der Waals surface area contributed by atoms with E-state index in [1.165, 1.54) is 24.3 Å². The minimum absolute atomic E-state index is 0.0756. The van der Waals surface area contributed by atoms with E-state index >= 15 is 0 Å². The SMILES string of the molecule is Cc1nn(Cc2c(Cl)cccc2Cl)c(C)c1NC(=O)c1ccc([N+](=O)[O-])cc1. The number of carbonyl (C=O) groups is 1. The van der Waals surface area contributed by atoms with E-state index in [1.807, 2.05) is 6.92 Å². The molecule has 1 N–H and O–H groups in total. The number of rotatable bonds is 5. The standard InChI is InChI=1S/C19H16Cl2N4O3/c1-11-18(22-19(26)13-6-8-14(9-7-13)25(27)28)12(2)24(23-11)10-15-16(20)4-3-5-17(15)21/h3-9H,10H2,1-2H3,(H,22,26). The first-order valence-corrected chi connectivity index (χ1v) is 9.06. The predicted octanol–water partition coefficient (Wildman–Crippen LogP) is 5.02. The van der Waals surface area contributed by atoms with Crippen LogP contribution in [-0.4, -0.2) is 20.6 Å². The first-order valence-electron chi connectivity index (χ1n) is 8.30. The molecule has 0 bridgehead atoms. The summed E-state index contributed by atoms with van der Waals surface area (Å²) in [6.07, 6.45) is 0. The highest BCUT2D eigenvalue weighted by Crippen LogP contribution is 2.27. The quantitative estimate of drug-likeness (QED) is 0.465. The van der Waals surface area contributed by atoms with Gasteiger partial charge in [0.25, 0.3) is 11.6 Å². The molecule has 28 heavy (non-hydrogen) atoms. The van der Waals surface area contributed by atoms with E-state index in [1.54, 1.807) is 29.8 Å². The van der Waals surface area contributed by atoms with Gasteiger partial charge in [-0.15, -0.1) is 0 Å². The number of aryl methyl sites for hydroxylation is 1. The van der Waals surface area contributed by atoms with Gasteiger partial charge in [0.2, 0.25) is 0 Å². The largest absolute Gasteiger partial charge is 0.319 e. The Kier molecular flexibility index (Phi) is 5.67. The van der Waals surface area contributed by atoms with Crippen molar-refractivity contribution in [3.8, 4) is 0 Å². The number of nitro benzene ring substituents is 1. The summed E-state index contributed by atoms with van der Waals surface area (Å²) in [5.74, 6) is -0.378. The van der Waals surface area contributed by atoms with Crippen molar-refractivity contribution in [2.45, 2.75) is 20.4 Å². The molecule has 9 heteroatoms. The molecule has 1 aromatic heterocycles. The summed E-state index contributed by atoms with van der Waals surface area (Å²) in [6.45, 7) is 3.97. The van der Waals surface area contributed by atoms with E-state index in [0.29, 0.717) is 33.5 Å². The van der Waals surface area contributed by atoms with Crippen LogP contribution in [0, 0.1) is 24.0 Å². The van der Waals surface area contributed by atoms with Crippen LogP contribution in [0.25, 0.3) is 0 Å². The van der Waals surface area contributed by atoms with Gasteiger partial charge in [-0.1, -0.05) is 29.3 Å².